The van der Waals surface area contributed by atoms with E-state index in [0.29, 0.717) is 38.3 Å². The summed E-state index contributed by atoms with van der Waals surface area (Å²) in [7, 11) is -2.16. The van der Waals surface area contributed by atoms with Gasteiger partial charge in [-0.15, -0.1) is 0 Å². The third-order valence-electron chi connectivity index (χ3n) is 5.42. The second-order valence-electron chi connectivity index (χ2n) is 7.28. The highest BCUT2D eigenvalue weighted by Gasteiger charge is 2.33. The van der Waals surface area contributed by atoms with Crippen LogP contribution in [-0.4, -0.2) is 57.6 Å². The van der Waals surface area contributed by atoms with Crippen molar-refractivity contribution in [2.75, 3.05) is 26.8 Å². The first-order valence-electron chi connectivity index (χ1n) is 9.40. The van der Waals surface area contributed by atoms with Crippen molar-refractivity contribution in [3.63, 3.8) is 0 Å². The lowest BCUT2D eigenvalue weighted by Gasteiger charge is -2.32. The normalized spacial score (nSPS) is 22.0. The summed E-state index contributed by atoms with van der Waals surface area (Å²) in [6.07, 6.45) is 2.49. The lowest BCUT2D eigenvalue weighted by Crippen LogP contribution is -2.48. The monoisotopic (exact) mass is 396 g/mol. The zero-order chi connectivity index (χ0) is 19.6. The van der Waals surface area contributed by atoms with E-state index in [1.165, 1.54) is 11.4 Å². The number of sulfonamides is 1. The summed E-state index contributed by atoms with van der Waals surface area (Å²) in [5.41, 5.74) is 1.90. The fourth-order valence-electron chi connectivity index (χ4n) is 3.58. The molecule has 0 aromatic heterocycles. The molecule has 0 aliphatic carbocycles. The molecule has 2 aliphatic heterocycles. The van der Waals surface area contributed by atoms with Crippen molar-refractivity contribution in [2.45, 2.75) is 56.6 Å². The highest BCUT2D eigenvalue weighted by Crippen LogP contribution is 2.31. The Kier molecular flexibility index (Phi) is 6.08. The van der Waals surface area contributed by atoms with Crippen molar-refractivity contribution < 1.29 is 22.7 Å². The molecule has 1 unspecified atom stereocenters. The Morgan fingerprint density at radius 3 is 2.44 bits per heavy atom. The van der Waals surface area contributed by atoms with Crippen LogP contribution in [0.1, 0.15) is 36.8 Å². The molecule has 7 nitrogen and oxygen atoms in total. The molecule has 2 aliphatic rings. The summed E-state index contributed by atoms with van der Waals surface area (Å²) in [6.45, 7) is 5.19. The summed E-state index contributed by atoms with van der Waals surface area (Å²) in [5.74, 6) is 0.288. The zero-order valence-electron chi connectivity index (χ0n) is 16.2. The molecule has 2 heterocycles. The Balaban J connectivity index is 1.66. The Hall–Kier alpha value is -1.64. The first kappa shape index (κ1) is 20.1. The van der Waals surface area contributed by atoms with Crippen molar-refractivity contribution in [3.05, 3.63) is 23.3 Å². The van der Waals surface area contributed by atoms with Gasteiger partial charge in [0.1, 0.15) is 16.7 Å². The number of ether oxygens (including phenoxy) is 2. The van der Waals surface area contributed by atoms with Crippen LogP contribution >= 0.6 is 0 Å². The third-order valence-corrected chi connectivity index (χ3v) is 7.34. The molecule has 27 heavy (non-hydrogen) atoms. The van der Waals surface area contributed by atoms with Crippen LogP contribution in [0.3, 0.4) is 0 Å². The van der Waals surface area contributed by atoms with Crippen molar-refractivity contribution in [3.8, 4) is 5.75 Å². The average molecular weight is 397 g/mol. The van der Waals surface area contributed by atoms with Gasteiger partial charge < -0.3 is 14.8 Å². The predicted molar refractivity (Wildman–Crippen MR) is 101 cm³/mol. The van der Waals surface area contributed by atoms with Crippen LogP contribution < -0.4 is 10.1 Å². The number of methoxy groups -OCH3 is 1. The smallest absolute Gasteiger partial charge is 0.249 e. The topological polar surface area (TPSA) is 84.9 Å². The van der Waals surface area contributed by atoms with Gasteiger partial charge in [-0.05, 0) is 62.8 Å². The summed E-state index contributed by atoms with van der Waals surface area (Å²) >= 11 is 0. The summed E-state index contributed by atoms with van der Waals surface area (Å²) < 4.78 is 38.4. The van der Waals surface area contributed by atoms with Gasteiger partial charge in [0.15, 0.2) is 0 Å². The van der Waals surface area contributed by atoms with Gasteiger partial charge in [0, 0.05) is 25.7 Å². The van der Waals surface area contributed by atoms with Crippen LogP contribution in [0.25, 0.3) is 0 Å². The number of rotatable bonds is 5. The van der Waals surface area contributed by atoms with E-state index in [-0.39, 0.29) is 22.9 Å². The molecule has 8 heteroatoms. The number of aryl methyl sites for hydroxylation is 2. The minimum absolute atomic E-state index is 0.0187. The van der Waals surface area contributed by atoms with Gasteiger partial charge >= 0.3 is 0 Å². The second kappa shape index (κ2) is 8.16. The molecule has 2 saturated heterocycles. The number of hydrogen-bond donors (Lipinski definition) is 1. The average Bonchev–Trinajstić information content (AvgIpc) is 3.19. The Bertz CT molecular complexity index is 795. The maximum Gasteiger partial charge on any atom is 0.249 e. The molecule has 0 saturated carbocycles. The molecule has 1 amide bonds. The maximum atomic E-state index is 13.1. The number of amides is 1. The molecule has 3 rings (SSSR count). The summed E-state index contributed by atoms with van der Waals surface area (Å²) in [6, 6.07) is 3.42. The van der Waals surface area contributed by atoms with Crippen LogP contribution in [0, 0.1) is 13.8 Å². The van der Waals surface area contributed by atoms with E-state index in [4.69, 9.17) is 9.47 Å². The van der Waals surface area contributed by atoms with E-state index in [1.54, 1.807) is 12.1 Å². The lowest BCUT2D eigenvalue weighted by molar-refractivity contribution is -0.131. The Labute approximate surface area is 161 Å². The quantitative estimate of drug-likeness (QED) is 0.820. The second-order valence-corrected chi connectivity index (χ2v) is 9.18. The van der Waals surface area contributed by atoms with Gasteiger partial charge in [-0.1, -0.05) is 0 Å². The van der Waals surface area contributed by atoms with Crippen LogP contribution in [0.15, 0.2) is 17.0 Å². The van der Waals surface area contributed by atoms with Gasteiger partial charge in [0.25, 0.3) is 0 Å². The van der Waals surface area contributed by atoms with Gasteiger partial charge in [-0.2, -0.15) is 4.31 Å². The molecule has 1 atom stereocenters. The van der Waals surface area contributed by atoms with E-state index in [9.17, 15) is 13.2 Å². The number of benzene rings is 1. The third kappa shape index (κ3) is 4.28. The fourth-order valence-corrected chi connectivity index (χ4v) is 5.27. The predicted octanol–water partition coefficient (Wildman–Crippen LogP) is 1.76. The standard InChI is InChI=1S/C19H28N2O5S/c1-13-11-17(25-3)18(12-14(13)2)27(23,24)21-8-6-15(7-9-21)20-19(22)16-5-4-10-26-16/h11-12,15-16H,4-10H2,1-3H3,(H,20,22). The molecule has 0 bridgehead atoms. The van der Waals surface area contributed by atoms with Crippen LogP contribution in [-0.2, 0) is 19.6 Å². The molecule has 0 radical (unpaired) electrons. The molecule has 1 N–H and O–H groups in total. The molecule has 1 aromatic rings. The summed E-state index contributed by atoms with van der Waals surface area (Å²) in [4.78, 5) is 12.4. The minimum atomic E-state index is -3.64. The lowest BCUT2D eigenvalue weighted by atomic mass is 10.1. The Morgan fingerprint density at radius 1 is 1.19 bits per heavy atom. The van der Waals surface area contributed by atoms with Gasteiger partial charge in [0.05, 0.1) is 7.11 Å². The number of nitrogens with zero attached hydrogens (tertiary/aromatic N) is 1. The first-order chi connectivity index (χ1) is 12.8. The number of nitrogens with one attached hydrogen (secondary N) is 1. The summed E-state index contributed by atoms with van der Waals surface area (Å²) in [5, 5.41) is 3.00. The fraction of sp³-hybridized carbons (Fsp3) is 0.632. The Morgan fingerprint density at radius 2 is 1.85 bits per heavy atom. The van der Waals surface area contributed by atoms with Crippen LogP contribution in [0.2, 0.25) is 0 Å². The number of piperidine rings is 1. The van der Waals surface area contributed by atoms with Crippen molar-refractivity contribution in [1.82, 2.24) is 9.62 Å². The molecular weight excluding hydrogens is 368 g/mol. The van der Waals surface area contributed by atoms with E-state index in [2.05, 4.69) is 5.32 Å². The highest BCUT2D eigenvalue weighted by molar-refractivity contribution is 7.89. The van der Waals surface area contributed by atoms with Crippen LogP contribution in [0.5, 0.6) is 5.75 Å². The first-order valence-corrected chi connectivity index (χ1v) is 10.8. The molecule has 0 spiro atoms. The van der Waals surface area contributed by atoms with Crippen molar-refractivity contribution in [1.29, 1.82) is 0 Å². The number of carbonyl (C=O) groups is 1. The van der Waals surface area contributed by atoms with Crippen molar-refractivity contribution in [2.24, 2.45) is 0 Å². The van der Waals surface area contributed by atoms with Crippen LogP contribution in [0.4, 0.5) is 0 Å². The van der Waals surface area contributed by atoms with Crippen molar-refractivity contribution >= 4 is 15.9 Å². The number of hydrogen-bond acceptors (Lipinski definition) is 5. The van der Waals surface area contributed by atoms with E-state index in [1.807, 2.05) is 13.8 Å². The van der Waals surface area contributed by atoms with Gasteiger partial charge in [-0.25, -0.2) is 8.42 Å². The SMILES string of the molecule is COc1cc(C)c(C)cc1S(=O)(=O)N1CCC(NC(=O)C2CCCO2)CC1. The molecule has 150 valence electrons. The number of carbonyl (C=O) groups excluding carboxylic acids is 1. The highest BCUT2D eigenvalue weighted by atomic mass is 32.2. The zero-order valence-corrected chi connectivity index (χ0v) is 17.0. The molecular formula is C19H28N2O5S. The minimum Gasteiger partial charge on any atom is -0.495 e. The maximum absolute atomic E-state index is 13.1. The van der Waals surface area contributed by atoms with Gasteiger partial charge in [0.2, 0.25) is 15.9 Å². The molecule has 1 aromatic carbocycles. The van der Waals surface area contributed by atoms with E-state index >= 15 is 0 Å². The van der Waals surface area contributed by atoms with Gasteiger partial charge in [-0.3, -0.25) is 4.79 Å². The largest absolute Gasteiger partial charge is 0.495 e. The molecule has 2 fully saturated rings. The van der Waals surface area contributed by atoms with E-state index < -0.39 is 10.0 Å². The van der Waals surface area contributed by atoms with E-state index in [0.717, 1.165) is 24.0 Å².